The summed E-state index contributed by atoms with van der Waals surface area (Å²) in [4.78, 5) is 14.2. The van der Waals surface area contributed by atoms with E-state index in [4.69, 9.17) is 28.9 Å². The molecule has 1 saturated heterocycles. The lowest BCUT2D eigenvalue weighted by atomic mass is 10.00. The average Bonchev–Trinajstić information content (AvgIpc) is 2.38. The average molecular weight is 316 g/mol. The highest BCUT2D eigenvalue weighted by atomic mass is 35.5. The summed E-state index contributed by atoms with van der Waals surface area (Å²) >= 11 is 11.9. The van der Waals surface area contributed by atoms with Crippen molar-refractivity contribution in [2.75, 3.05) is 18.4 Å². The molecule has 0 saturated carbocycles. The molecule has 1 fully saturated rings. The largest absolute Gasteiger partial charge is 0.330 e. The van der Waals surface area contributed by atoms with E-state index < -0.39 is 0 Å². The number of amides is 2. The molecule has 1 atom stereocenters. The third-order valence-electron chi connectivity index (χ3n) is 3.50. The molecule has 0 spiro atoms. The van der Waals surface area contributed by atoms with Crippen molar-refractivity contribution in [3.05, 3.63) is 28.2 Å². The van der Waals surface area contributed by atoms with Crippen molar-refractivity contribution in [1.82, 2.24) is 4.90 Å². The number of likely N-dealkylation sites (tertiary alicyclic amines) is 1. The van der Waals surface area contributed by atoms with Gasteiger partial charge in [0.2, 0.25) is 0 Å². The molecule has 3 N–H and O–H groups in total. The number of halogens is 2. The van der Waals surface area contributed by atoms with Gasteiger partial charge in [0.15, 0.2) is 0 Å². The molecule has 2 rings (SSSR count). The molecule has 0 aliphatic carbocycles. The van der Waals surface area contributed by atoms with Gasteiger partial charge in [0.1, 0.15) is 0 Å². The second kappa shape index (κ2) is 7.16. The van der Waals surface area contributed by atoms with Crippen molar-refractivity contribution in [2.24, 2.45) is 5.73 Å². The number of carbonyl (C=O) groups excluding carboxylic acids is 1. The predicted octanol–water partition coefficient (Wildman–Crippen LogP) is 3.73. The van der Waals surface area contributed by atoms with Crippen molar-refractivity contribution in [3.63, 3.8) is 0 Å². The number of nitrogens with zero attached hydrogens (tertiary/aromatic N) is 1. The third kappa shape index (κ3) is 4.01. The van der Waals surface area contributed by atoms with E-state index in [1.54, 1.807) is 18.2 Å². The van der Waals surface area contributed by atoms with Crippen molar-refractivity contribution >= 4 is 34.9 Å². The third-order valence-corrected chi connectivity index (χ3v) is 3.94. The number of hydrogen-bond donors (Lipinski definition) is 2. The SMILES string of the molecule is NCCC1CCCCN1C(=O)Nc1cc(Cl)cc(Cl)c1. The minimum atomic E-state index is -0.110. The van der Waals surface area contributed by atoms with Crippen LogP contribution in [0, 0.1) is 0 Å². The van der Waals surface area contributed by atoms with Crippen LogP contribution in [-0.2, 0) is 0 Å². The first-order valence-electron chi connectivity index (χ1n) is 6.84. The lowest BCUT2D eigenvalue weighted by Crippen LogP contribution is -2.46. The molecule has 1 heterocycles. The highest BCUT2D eigenvalue weighted by Crippen LogP contribution is 2.24. The molecular formula is C14H19Cl2N3O. The van der Waals surface area contributed by atoms with Gasteiger partial charge >= 0.3 is 6.03 Å². The van der Waals surface area contributed by atoms with Crippen molar-refractivity contribution in [1.29, 1.82) is 0 Å². The number of rotatable bonds is 3. The van der Waals surface area contributed by atoms with Crippen LogP contribution in [0.1, 0.15) is 25.7 Å². The van der Waals surface area contributed by atoms with Crippen LogP contribution in [0.4, 0.5) is 10.5 Å². The number of urea groups is 1. The van der Waals surface area contributed by atoms with E-state index in [2.05, 4.69) is 5.32 Å². The fraction of sp³-hybridized carbons (Fsp3) is 0.500. The molecular weight excluding hydrogens is 297 g/mol. The van der Waals surface area contributed by atoms with Crippen molar-refractivity contribution in [2.45, 2.75) is 31.7 Å². The Bertz CT molecular complexity index is 459. The van der Waals surface area contributed by atoms with E-state index in [-0.39, 0.29) is 12.1 Å². The first-order valence-corrected chi connectivity index (χ1v) is 7.59. The fourth-order valence-electron chi connectivity index (χ4n) is 2.58. The molecule has 1 aromatic rings. The Labute approximate surface area is 129 Å². The molecule has 110 valence electrons. The molecule has 1 aliphatic heterocycles. The Morgan fingerprint density at radius 3 is 2.65 bits per heavy atom. The standard InChI is InChI=1S/C14H19Cl2N3O/c15-10-7-11(16)9-12(8-10)18-14(20)19-6-2-1-3-13(19)4-5-17/h7-9,13H,1-6,17H2,(H,18,20). The van der Waals surface area contributed by atoms with Crippen LogP contribution >= 0.6 is 23.2 Å². The maximum Gasteiger partial charge on any atom is 0.322 e. The monoisotopic (exact) mass is 315 g/mol. The summed E-state index contributed by atoms with van der Waals surface area (Å²) in [5.41, 5.74) is 6.24. The highest BCUT2D eigenvalue weighted by Gasteiger charge is 2.26. The maximum absolute atomic E-state index is 12.4. The zero-order valence-corrected chi connectivity index (χ0v) is 12.8. The van der Waals surface area contributed by atoms with Gasteiger partial charge in [-0.05, 0) is 50.4 Å². The van der Waals surface area contributed by atoms with Gasteiger partial charge in [-0.1, -0.05) is 23.2 Å². The number of piperidine rings is 1. The van der Waals surface area contributed by atoms with Crippen LogP contribution in [0.2, 0.25) is 10.0 Å². The van der Waals surface area contributed by atoms with Gasteiger partial charge < -0.3 is 16.0 Å². The van der Waals surface area contributed by atoms with Gasteiger partial charge in [0, 0.05) is 28.3 Å². The smallest absolute Gasteiger partial charge is 0.322 e. The maximum atomic E-state index is 12.4. The molecule has 0 radical (unpaired) electrons. The van der Waals surface area contributed by atoms with Gasteiger partial charge in [-0.2, -0.15) is 0 Å². The summed E-state index contributed by atoms with van der Waals surface area (Å²) < 4.78 is 0. The van der Waals surface area contributed by atoms with Crippen LogP contribution < -0.4 is 11.1 Å². The number of carbonyl (C=O) groups is 1. The summed E-state index contributed by atoms with van der Waals surface area (Å²) in [5, 5.41) is 3.87. The molecule has 0 aromatic heterocycles. The summed E-state index contributed by atoms with van der Waals surface area (Å²) in [5.74, 6) is 0. The first kappa shape index (κ1) is 15.4. The van der Waals surface area contributed by atoms with Crippen LogP contribution in [-0.4, -0.2) is 30.1 Å². The lowest BCUT2D eigenvalue weighted by molar-refractivity contribution is 0.159. The van der Waals surface area contributed by atoms with Gasteiger partial charge in [-0.15, -0.1) is 0 Å². The lowest BCUT2D eigenvalue weighted by Gasteiger charge is -2.35. The van der Waals surface area contributed by atoms with Crippen LogP contribution in [0.5, 0.6) is 0 Å². The number of nitrogens with two attached hydrogens (primary N) is 1. The quantitative estimate of drug-likeness (QED) is 0.892. The Morgan fingerprint density at radius 2 is 2.00 bits per heavy atom. The number of anilines is 1. The van der Waals surface area contributed by atoms with Gasteiger partial charge in [0.25, 0.3) is 0 Å². The number of benzene rings is 1. The Balaban J connectivity index is 2.05. The topological polar surface area (TPSA) is 58.4 Å². The molecule has 1 unspecified atom stereocenters. The van der Waals surface area contributed by atoms with Crippen LogP contribution in [0.25, 0.3) is 0 Å². The van der Waals surface area contributed by atoms with E-state index in [9.17, 15) is 4.79 Å². The van der Waals surface area contributed by atoms with E-state index in [0.29, 0.717) is 22.3 Å². The predicted molar refractivity (Wildman–Crippen MR) is 83.5 cm³/mol. The Hall–Kier alpha value is -0.970. The molecule has 20 heavy (non-hydrogen) atoms. The van der Waals surface area contributed by atoms with Crippen molar-refractivity contribution in [3.8, 4) is 0 Å². The summed E-state index contributed by atoms with van der Waals surface area (Å²) in [6.07, 6.45) is 4.03. The normalized spacial score (nSPS) is 18.9. The van der Waals surface area contributed by atoms with Crippen molar-refractivity contribution < 1.29 is 4.79 Å². The van der Waals surface area contributed by atoms with Gasteiger partial charge in [-0.25, -0.2) is 4.79 Å². The molecule has 6 heteroatoms. The molecule has 4 nitrogen and oxygen atoms in total. The van der Waals surface area contributed by atoms with Gasteiger partial charge in [-0.3, -0.25) is 0 Å². The second-order valence-corrected chi connectivity index (χ2v) is 5.88. The Morgan fingerprint density at radius 1 is 1.30 bits per heavy atom. The van der Waals surface area contributed by atoms with E-state index in [1.165, 1.54) is 0 Å². The minimum Gasteiger partial charge on any atom is -0.330 e. The summed E-state index contributed by atoms with van der Waals surface area (Å²) in [6.45, 7) is 1.36. The molecule has 1 aromatic carbocycles. The molecule has 0 bridgehead atoms. The minimum absolute atomic E-state index is 0.110. The molecule has 2 amide bonds. The number of hydrogen-bond acceptors (Lipinski definition) is 2. The first-order chi connectivity index (χ1) is 9.60. The number of nitrogens with one attached hydrogen (secondary N) is 1. The zero-order valence-electron chi connectivity index (χ0n) is 11.2. The molecule has 1 aliphatic rings. The van der Waals surface area contributed by atoms with E-state index >= 15 is 0 Å². The zero-order chi connectivity index (χ0) is 14.5. The summed E-state index contributed by atoms with van der Waals surface area (Å²) in [7, 11) is 0. The van der Waals surface area contributed by atoms with Crippen LogP contribution in [0.3, 0.4) is 0 Å². The Kier molecular flexibility index (Phi) is 5.52. The van der Waals surface area contributed by atoms with Gasteiger partial charge in [0.05, 0.1) is 0 Å². The highest BCUT2D eigenvalue weighted by molar-refractivity contribution is 6.35. The second-order valence-electron chi connectivity index (χ2n) is 5.01. The summed E-state index contributed by atoms with van der Waals surface area (Å²) in [6, 6.07) is 5.13. The van der Waals surface area contributed by atoms with E-state index in [0.717, 1.165) is 32.2 Å². The fourth-order valence-corrected chi connectivity index (χ4v) is 3.11. The van der Waals surface area contributed by atoms with Crippen LogP contribution in [0.15, 0.2) is 18.2 Å². The van der Waals surface area contributed by atoms with E-state index in [1.807, 2.05) is 4.90 Å².